The summed E-state index contributed by atoms with van der Waals surface area (Å²) in [7, 11) is 0. The van der Waals surface area contributed by atoms with Gasteiger partial charge in [0.25, 0.3) is 5.56 Å². The molecule has 0 aliphatic rings. The molecule has 0 atom stereocenters. The number of thioether (sulfide) groups is 1. The fourth-order valence-electron chi connectivity index (χ4n) is 3.43. The van der Waals surface area contributed by atoms with E-state index in [9.17, 15) is 14.0 Å². The Morgan fingerprint density at radius 1 is 1.07 bits per heavy atom. The Morgan fingerprint density at radius 3 is 2.34 bits per heavy atom. The van der Waals surface area contributed by atoms with E-state index >= 15 is 0 Å². The summed E-state index contributed by atoms with van der Waals surface area (Å²) in [6.45, 7) is 7.86. The van der Waals surface area contributed by atoms with E-state index in [1.807, 2.05) is 27.7 Å². The number of halogens is 1. The Balaban J connectivity index is 2.07. The van der Waals surface area contributed by atoms with Crippen molar-refractivity contribution < 1.29 is 9.18 Å². The van der Waals surface area contributed by atoms with Crippen LogP contribution in [0.4, 0.5) is 4.39 Å². The molecule has 0 aliphatic carbocycles. The highest BCUT2D eigenvalue weighted by atomic mass is 32.2. The van der Waals surface area contributed by atoms with Gasteiger partial charge in [-0.1, -0.05) is 36.0 Å². The van der Waals surface area contributed by atoms with Crippen molar-refractivity contribution in [1.82, 2.24) is 14.5 Å². The lowest BCUT2D eigenvalue weighted by Gasteiger charge is -2.30. The van der Waals surface area contributed by atoms with Gasteiger partial charge in [0.2, 0.25) is 5.91 Å². The third-order valence-corrected chi connectivity index (χ3v) is 5.49. The Labute approximate surface area is 173 Å². The quantitative estimate of drug-likeness (QED) is 0.448. The van der Waals surface area contributed by atoms with E-state index in [-0.39, 0.29) is 35.0 Å². The fraction of sp³-hybridized carbons (Fsp3) is 0.318. The van der Waals surface area contributed by atoms with Gasteiger partial charge in [-0.3, -0.25) is 14.2 Å². The van der Waals surface area contributed by atoms with Crippen molar-refractivity contribution in [1.29, 1.82) is 0 Å². The molecule has 7 heteroatoms. The number of hydrogen-bond donors (Lipinski definition) is 0. The predicted octanol–water partition coefficient (Wildman–Crippen LogP) is 4.26. The molecule has 1 aromatic heterocycles. The van der Waals surface area contributed by atoms with Gasteiger partial charge in [0.05, 0.1) is 22.3 Å². The number of amides is 1. The first-order chi connectivity index (χ1) is 13.8. The smallest absolute Gasteiger partial charge is 0.266 e. The number of carbonyl (C=O) groups is 1. The van der Waals surface area contributed by atoms with Crippen LogP contribution in [0.2, 0.25) is 0 Å². The highest BCUT2D eigenvalue weighted by Crippen LogP contribution is 2.23. The van der Waals surface area contributed by atoms with Crippen LogP contribution in [0.25, 0.3) is 16.6 Å². The number of aromatic nitrogens is 2. The summed E-state index contributed by atoms with van der Waals surface area (Å²) in [4.78, 5) is 32.3. The molecule has 0 bridgehead atoms. The van der Waals surface area contributed by atoms with E-state index in [1.54, 1.807) is 41.3 Å². The summed E-state index contributed by atoms with van der Waals surface area (Å²) in [6, 6.07) is 13.1. The molecule has 0 spiro atoms. The van der Waals surface area contributed by atoms with Crippen LogP contribution >= 0.6 is 11.8 Å². The van der Waals surface area contributed by atoms with Gasteiger partial charge in [0, 0.05) is 12.1 Å². The molecule has 0 N–H and O–H groups in total. The van der Waals surface area contributed by atoms with Crippen molar-refractivity contribution in [3.05, 3.63) is 64.7 Å². The van der Waals surface area contributed by atoms with Gasteiger partial charge in [-0.2, -0.15) is 0 Å². The van der Waals surface area contributed by atoms with E-state index in [0.717, 1.165) is 11.8 Å². The molecule has 0 aliphatic heterocycles. The number of hydrogen-bond acceptors (Lipinski definition) is 4. The first-order valence-corrected chi connectivity index (χ1v) is 10.5. The molecule has 1 heterocycles. The summed E-state index contributed by atoms with van der Waals surface area (Å²) < 4.78 is 15.8. The molecule has 0 unspecified atom stereocenters. The molecule has 0 saturated heterocycles. The van der Waals surface area contributed by atoms with Crippen LogP contribution in [-0.2, 0) is 4.79 Å². The number of carbonyl (C=O) groups excluding carboxylic acids is 1. The Morgan fingerprint density at radius 2 is 1.69 bits per heavy atom. The highest BCUT2D eigenvalue weighted by Gasteiger charge is 2.22. The minimum atomic E-state index is -0.522. The van der Waals surface area contributed by atoms with Gasteiger partial charge in [-0.25, -0.2) is 9.37 Å². The third kappa shape index (κ3) is 4.34. The maximum absolute atomic E-state index is 14.5. The number of benzene rings is 2. The summed E-state index contributed by atoms with van der Waals surface area (Å²) >= 11 is 1.14. The summed E-state index contributed by atoms with van der Waals surface area (Å²) in [5.41, 5.74) is 0.278. The van der Waals surface area contributed by atoms with Gasteiger partial charge in [0.1, 0.15) is 5.82 Å². The van der Waals surface area contributed by atoms with Crippen LogP contribution < -0.4 is 5.56 Å². The lowest BCUT2D eigenvalue weighted by Crippen LogP contribution is -2.43. The van der Waals surface area contributed by atoms with Crippen molar-refractivity contribution in [3.63, 3.8) is 0 Å². The lowest BCUT2D eigenvalue weighted by atomic mass is 10.2. The average Bonchev–Trinajstić information content (AvgIpc) is 2.67. The first-order valence-electron chi connectivity index (χ1n) is 9.52. The van der Waals surface area contributed by atoms with Gasteiger partial charge < -0.3 is 4.90 Å². The molecule has 0 fully saturated rings. The zero-order valence-corrected chi connectivity index (χ0v) is 17.7. The van der Waals surface area contributed by atoms with Crippen molar-refractivity contribution in [3.8, 4) is 5.69 Å². The van der Waals surface area contributed by atoms with Gasteiger partial charge in [0.15, 0.2) is 5.16 Å². The summed E-state index contributed by atoms with van der Waals surface area (Å²) in [5, 5.41) is 0.692. The Bertz CT molecular complexity index is 1090. The van der Waals surface area contributed by atoms with Gasteiger partial charge in [-0.15, -0.1) is 0 Å². The molecule has 1 amide bonds. The van der Waals surface area contributed by atoms with E-state index < -0.39 is 5.82 Å². The molecule has 0 radical (unpaired) electrons. The fourth-order valence-corrected chi connectivity index (χ4v) is 4.30. The summed E-state index contributed by atoms with van der Waals surface area (Å²) in [5.74, 6) is -0.469. The zero-order valence-electron chi connectivity index (χ0n) is 16.9. The topological polar surface area (TPSA) is 55.2 Å². The van der Waals surface area contributed by atoms with Gasteiger partial charge in [-0.05, 0) is 52.0 Å². The minimum Gasteiger partial charge on any atom is -0.337 e. The highest BCUT2D eigenvalue weighted by molar-refractivity contribution is 7.99. The number of rotatable bonds is 6. The van der Waals surface area contributed by atoms with Crippen LogP contribution in [0.3, 0.4) is 0 Å². The Kier molecular flexibility index (Phi) is 6.37. The molecule has 2 aromatic carbocycles. The molecule has 3 rings (SSSR count). The van der Waals surface area contributed by atoms with Crippen molar-refractivity contribution >= 4 is 28.6 Å². The third-order valence-electron chi connectivity index (χ3n) is 4.56. The number of fused-ring (bicyclic) bond motifs is 1. The Hall–Kier alpha value is -2.67. The second-order valence-corrected chi connectivity index (χ2v) is 8.22. The largest absolute Gasteiger partial charge is 0.337 e. The molecule has 0 saturated carbocycles. The lowest BCUT2D eigenvalue weighted by molar-refractivity contribution is -0.131. The zero-order chi connectivity index (χ0) is 21.1. The van der Waals surface area contributed by atoms with Crippen LogP contribution in [0.5, 0.6) is 0 Å². The molecule has 5 nitrogen and oxygen atoms in total. The van der Waals surface area contributed by atoms with E-state index in [0.29, 0.717) is 16.1 Å². The standard InChI is InChI=1S/C22H24FN3O2S/c1-14(2)25(15(3)4)20(27)13-29-22-24-18-11-7-5-9-16(18)21(28)26(22)19-12-8-6-10-17(19)23/h5-12,14-15H,13H2,1-4H3. The maximum Gasteiger partial charge on any atom is 0.266 e. The summed E-state index contributed by atoms with van der Waals surface area (Å²) in [6.07, 6.45) is 0. The van der Waals surface area contributed by atoms with E-state index in [2.05, 4.69) is 4.98 Å². The van der Waals surface area contributed by atoms with Crippen molar-refractivity contribution in [2.24, 2.45) is 0 Å². The monoisotopic (exact) mass is 413 g/mol. The SMILES string of the molecule is CC(C)N(C(=O)CSc1nc2ccccc2c(=O)n1-c1ccccc1F)C(C)C. The average molecular weight is 414 g/mol. The molecule has 29 heavy (non-hydrogen) atoms. The van der Waals surface area contributed by atoms with Crippen molar-refractivity contribution in [2.45, 2.75) is 44.9 Å². The number of nitrogens with zero attached hydrogens (tertiary/aromatic N) is 3. The van der Waals surface area contributed by atoms with E-state index in [1.165, 1.54) is 16.7 Å². The van der Waals surface area contributed by atoms with Crippen molar-refractivity contribution in [2.75, 3.05) is 5.75 Å². The normalized spacial score (nSPS) is 11.4. The molecular formula is C22H24FN3O2S. The minimum absolute atomic E-state index is 0.0532. The van der Waals surface area contributed by atoms with Crippen LogP contribution in [0.15, 0.2) is 58.5 Å². The van der Waals surface area contributed by atoms with Crippen LogP contribution in [0, 0.1) is 5.82 Å². The molecule has 152 valence electrons. The number of para-hydroxylation sites is 2. The maximum atomic E-state index is 14.5. The van der Waals surface area contributed by atoms with Gasteiger partial charge >= 0.3 is 0 Å². The van der Waals surface area contributed by atoms with E-state index in [4.69, 9.17) is 0 Å². The second kappa shape index (κ2) is 8.78. The second-order valence-electron chi connectivity index (χ2n) is 7.28. The van der Waals surface area contributed by atoms with Crippen LogP contribution in [0.1, 0.15) is 27.7 Å². The van der Waals surface area contributed by atoms with Crippen LogP contribution in [-0.4, -0.2) is 38.2 Å². The molecular weight excluding hydrogens is 389 g/mol. The first kappa shape index (κ1) is 21.0. The predicted molar refractivity (Wildman–Crippen MR) is 115 cm³/mol. The molecule has 3 aromatic rings.